The number of nitrogens with two attached hydrogens (primary N) is 1. The maximum absolute atomic E-state index is 12.9. The average Bonchev–Trinajstić information content (AvgIpc) is 3.21. The Morgan fingerprint density at radius 2 is 1.48 bits per heavy atom. The molecule has 186 valence electrons. The Morgan fingerprint density at radius 1 is 0.939 bits per heavy atom. The number of hydrogen-bond donors (Lipinski definition) is 6. The van der Waals surface area contributed by atoms with E-state index in [0.717, 1.165) is 0 Å². The molecule has 13 nitrogen and oxygen atoms in total. The van der Waals surface area contributed by atoms with E-state index in [4.69, 9.17) is 15.9 Å². The summed E-state index contributed by atoms with van der Waals surface area (Å²) >= 11 is 0. The van der Waals surface area contributed by atoms with Gasteiger partial charge in [0.15, 0.2) is 0 Å². The maximum Gasteiger partial charge on any atom is 0.326 e. The van der Waals surface area contributed by atoms with E-state index in [9.17, 15) is 33.9 Å². The van der Waals surface area contributed by atoms with E-state index in [2.05, 4.69) is 10.6 Å². The highest BCUT2D eigenvalue weighted by molar-refractivity contribution is 5.94. The molecular formula is C20H32N4O9. The molecule has 4 unspecified atom stereocenters. The van der Waals surface area contributed by atoms with Crippen molar-refractivity contribution in [2.45, 2.75) is 76.5 Å². The molecule has 1 rings (SSSR count). The number of rotatable bonds is 13. The molecule has 1 heterocycles. The van der Waals surface area contributed by atoms with Crippen molar-refractivity contribution in [1.29, 1.82) is 0 Å². The molecule has 0 spiro atoms. The summed E-state index contributed by atoms with van der Waals surface area (Å²) in [5.74, 6) is -6.16. The first-order valence-corrected chi connectivity index (χ1v) is 10.7. The zero-order valence-corrected chi connectivity index (χ0v) is 18.7. The summed E-state index contributed by atoms with van der Waals surface area (Å²) in [6.45, 7) is 3.84. The van der Waals surface area contributed by atoms with E-state index in [1.165, 1.54) is 4.90 Å². The van der Waals surface area contributed by atoms with Crippen molar-refractivity contribution in [2.75, 3.05) is 6.54 Å². The number of hydrogen-bond acceptors (Lipinski definition) is 7. The van der Waals surface area contributed by atoms with Gasteiger partial charge >= 0.3 is 17.9 Å². The Bertz CT molecular complexity index is 771. The third kappa shape index (κ3) is 8.67. The largest absolute Gasteiger partial charge is 0.481 e. The smallest absolute Gasteiger partial charge is 0.326 e. The van der Waals surface area contributed by atoms with Crippen LogP contribution in [0.4, 0.5) is 0 Å². The van der Waals surface area contributed by atoms with Crippen molar-refractivity contribution in [3.05, 3.63) is 0 Å². The summed E-state index contributed by atoms with van der Waals surface area (Å²) < 4.78 is 0. The highest BCUT2D eigenvalue weighted by Crippen LogP contribution is 2.20. The predicted molar refractivity (Wildman–Crippen MR) is 113 cm³/mol. The average molecular weight is 472 g/mol. The summed E-state index contributed by atoms with van der Waals surface area (Å²) in [6.07, 6.45) is -0.864. The number of amides is 3. The van der Waals surface area contributed by atoms with Gasteiger partial charge < -0.3 is 36.6 Å². The molecule has 0 aromatic rings. The second kappa shape index (κ2) is 12.7. The molecule has 1 fully saturated rings. The highest BCUT2D eigenvalue weighted by atomic mass is 16.4. The molecule has 0 bridgehead atoms. The van der Waals surface area contributed by atoms with Gasteiger partial charge in [0, 0.05) is 19.4 Å². The van der Waals surface area contributed by atoms with Crippen molar-refractivity contribution in [3.63, 3.8) is 0 Å². The van der Waals surface area contributed by atoms with E-state index in [-0.39, 0.29) is 12.3 Å². The summed E-state index contributed by atoms with van der Waals surface area (Å²) in [7, 11) is 0. The minimum Gasteiger partial charge on any atom is -0.481 e. The molecule has 0 aliphatic carbocycles. The van der Waals surface area contributed by atoms with Gasteiger partial charge in [0.25, 0.3) is 0 Å². The van der Waals surface area contributed by atoms with Gasteiger partial charge in [0.05, 0.1) is 6.04 Å². The monoisotopic (exact) mass is 472 g/mol. The lowest BCUT2D eigenvalue weighted by atomic mass is 10.0. The van der Waals surface area contributed by atoms with E-state index < -0.39 is 79.1 Å². The number of carbonyl (C=O) groups is 6. The molecule has 1 aliphatic heterocycles. The van der Waals surface area contributed by atoms with Gasteiger partial charge in [-0.15, -0.1) is 0 Å². The van der Waals surface area contributed by atoms with Crippen LogP contribution in [0.2, 0.25) is 0 Å². The molecule has 1 aliphatic rings. The molecule has 33 heavy (non-hydrogen) atoms. The minimum atomic E-state index is -1.54. The lowest BCUT2D eigenvalue weighted by Crippen LogP contribution is -2.57. The van der Waals surface area contributed by atoms with Crippen LogP contribution in [0, 0.1) is 5.92 Å². The fourth-order valence-corrected chi connectivity index (χ4v) is 3.38. The van der Waals surface area contributed by atoms with Gasteiger partial charge in [0.1, 0.15) is 18.1 Å². The Hall–Kier alpha value is -3.22. The first kappa shape index (κ1) is 27.8. The zero-order valence-electron chi connectivity index (χ0n) is 18.7. The topological polar surface area (TPSA) is 216 Å². The van der Waals surface area contributed by atoms with Crippen molar-refractivity contribution in [1.82, 2.24) is 15.5 Å². The molecule has 4 atom stereocenters. The molecule has 0 aromatic carbocycles. The third-order valence-electron chi connectivity index (χ3n) is 5.38. The molecule has 0 radical (unpaired) electrons. The molecule has 3 amide bonds. The van der Waals surface area contributed by atoms with E-state index in [1.54, 1.807) is 13.8 Å². The van der Waals surface area contributed by atoms with Crippen LogP contribution in [0.25, 0.3) is 0 Å². The van der Waals surface area contributed by atoms with Crippen molar-refractivity contribution in [2.24, 2.45) is 11.7 Å². The quantitative estimate of drug-likeness (QED) is 0.187. The van der Waals surface area contributed by atoms with Gasteiger partial charge in [-0.1, -0.05) is 13.8 Å². The number of carboxylic acid groups (broad SMARTS) is 3. The minimum absolute atomic E-state index is 0.158. The summed E-state index contributed by atoms with van der Waals surface area (Å²) in [5.41, 5.74) is 5.92. The number of likely N-dealkylation sites (tertiary alicyclic amines) is 1. The zero-order chi connectivity index (χ0) is 25.3. The van der Waals surface area contributed by atoms with E-state index in [1.807, 2.05) is 0 Å². The second-order valence-electron chi connectivity index (χ2n) is 8.28. The number of carbonyl (C=O) groups excluding carboxylic acids is 3. The lowest BCUT2D eigenvalue weighted by molar-refractivity contribution is -0.144. The van der Waals surface area contributed by atoms with Crippen LogP contribution in [-0.2, 0) is 28.8 Å². The lowest BCUT2D eigenvalue weighted by Gasteiger charge is -2.29. The van der Waals surface area contributed by atoms with Crippen molar-refractivity contribution >= 4 is 35.6 Å². The Morgan fingerprint density at radius 3 is 1.97 bits per heavy atom. The molecule has 0 aromatic heterocycles. The summed E-state index contributed by atoms with van der Waals surface area (Å²) in [6, 6.07) is -4.64. The first-order chi connectivity index (χ1) is 15.3. The van der Waals surface area contributed by atoms with Gasteiger partial charge in [0.2, 0.25) is 17.7 Å². The van der Waals surface area contributed by atoms with Gasteiger partial charge in [-0.2, -0.15) is 0 Å². The normalized spacial score (nSPS) is 18.3. The van der Waals surface area contributed by atoms with Crippen LogP contribution in [-0.4, -0.2) is 86.6 Å². The van der Waals surface area contributed by atoms with Crippen LogP contribution in [0.3, 0.4) is 0 Å². The molecule has 0 saturated carbocycles. The molecular weight excluding hydrogens is 440 g/mol. The van der Waals surface area contributed by atoms with Crippen LogP contribution in [0.15, 0.2) is 0 Å². The predicted octanol–water partition coefficient (Wildman–Crippen LogP) is -1.26. The molecule has 7 N–H and O–H groups in total. The van der Waals surface area contributed by atoms with Crippen LogP contribution < -0.4 is 16.4 Å². The highest BCUT2D eigenvalue weighted by Gasteiger charge is 2.38. The number of nitrogens with zero attached hydrogens (tertiary/aromatic N) is 1. The van der Waals surface area contributed by atoms with Crippen LogP contribution in [0.5, 0.6) is 0 Å². The standard InChI is InChI=1S/C20H32N4O9/c1-10(2)16(21)19(31)24-9-3-4-13(24)18(30)22-11(5-7-14(25)26)17(29)23-12(20(32)33)6-8-15(27)28/h10-13,16H,3-9,21H2,1-2H3,(H,22,30)(H,23,29)(H,25,26)(H,27,28)(H,32,33). The Balaban J connectivity index is 2.95. The number of carboxylic acids is 3. The first-order valence-electron chi connectivity index (χ1n) is 10.7. The molecule has 13 heteroatoms. The molecule has 1 saturated heterocycles. The number of aliphatic carboxylic acids is 3. The van der Waals surface area contributed by atoms with E-state index >= 15 is 0 Å². The Labute approximate surface area is 190 Å². The fraction of sp³-hybridized carbons (Fsp3) is 0.700. The Kier molecular flexibility index (Phi) is 10.7. The number of nitrogens with one attached hydrogen (secondary N) is 2. The summed E-state index contributed by atoms with van der Waals surface area (Å²) in [5, 5.41) is 31.5. The van der Waals surface area contributed by atoms with Gasteiger partial charge in [-0.3, -0.25) is 24.0 Å². The van der Waals surface area contributed by atoms with Crippen LogP contribution in [0.1, 0.15) is 52.4 Å². The van der Waals surface area contributed by atoms with Gasteiger partial charge in [-0.05, 0) is 31.6 Å². The van der Waals surface area contributed by atoms with Crippen molar-refractivity contribution < 1.29 is 44.1 Å². The van der Waals surface area contributed by atoms with Crippen LogP contribution >= 0.6 is 0 Å². The van der Waals surface area contributed by atoms with Crippen molar-refractivity contribution in [3.8, 4) is 0 Å². The van der Waals surface area contributed by atoms with Gasteiger partial charge in [-0.25, -0.2) is 4.79 Å². The SMILES string of the molecule is CC(C)C(N)C(=O)N1CCCC1C(=O)NC(CCC(=O)O)C(=O)NC(CCC(=O)O)C(=O)O. The third-order valence-corrected chi connectivity index (χ3v) is 5.38. The fourth-order valence-electron chi connectivity index (χ4n) is 3.38. The summed E-state index contributed by atoms with van der Waals surface area (Å²) in [4.78, 5) is 72.6. The second-order valence-corrected chi connectivity index (χ2v) is 8.28. The van der Waals surface area contributed by atoms with E-state index in [0.29, 0.717) is 19.4 Å². The maximum atomic E-state index is 12.9.